The molecule has 1 aliphatic rings. The van der Waals surface area contributed by atoms with Crippen LogP contribution >= 0.6 is 0 Å². The molecule has 0 saturated carbocycles. The van der Waals surface area contributed by atoms with Crippen LogP contribution in [0, 0.1) is 13.8 Å². The molecule has 25 heavy (non-hydrogen) atoms. The van der Waals surface area contributed by atoms with E-state index in [0.29, 0.717) is 6.54 Å². The van der Waals surface area contributed by atoms with Gasteiger partial charge in [0.05, 0.1) is 7.11 Å². The number of carbonyl (C=O) groups is 1. The average molecular weight is 342 g/mol. The number of nitrogens with zero attached hydrogens (tertiary/aromatic N) is 1. The summed E-state index contributed by atoms with van der Waals surface area (Å²) in [6.45, 7) is 5.14. The predicted octanol–water partition coefficient (Wildman–Crippen LogP) is 3.82. The number of para-hydroxylation sites is 1. The van der Waals surface area contributed by atoms with Crippen molar-refractivity contribution in [3.63, 3.8) is 0 Å². The number of urea groups is 1. The zero-order valence-corrected chi connectivity index (χ0v) is 15.2. The van der Waals surface area contributed by atoms with Crippen molar-refractivity contribution in [2.75, 3.05) is 13.7 Å². The lowest BCUT2D eigenvalue weighted by atomic mass is 10.0. The van der Waals surface area contributed by atoms with Gasteiger partial charge in [-0.1, -0.05) is 18.2 Å². The number of nitrogens with one attached hydrogen (secondary N) is 1. The Bertz CT molecular complexity index is 738. The Kier molecular flexibility index (Phi) is 5.31. The number of ether oxygens (including phenoxy) is 1. The Hall–Kier alpha value is -2.43. The first-order valence-electron chi connectivity index (χ1n) is 8.80. The van der Waals surface area contributed by atoms with E-state index in [0.717, 1.165) is 54.2 Å². The molecule has 0 spiro atoms. The normalized spacial score (nSPS) is 16.9. The molecule has 2 amide bonds. The number of methoxy groups -OCH3 is 1. The quantitative estimate of drug-likeness (QED) is 0.899. The highest BCUT2D eigenvalue weighted by atomic mass is 16.5. The van der Waals surface area contributed by atoms with E-state index in [2.05, 4.69) is 11.4 Å². The summed E-state index contributed by atoms with van der Waals surface area (Å²) in [6.07, 6.45) is 2.88. The van der Waals surface area contributed by atoms with Gasteiger partial charge in [-0.25, -0.2) is 4.79 Å². The average Bonchev–Trinajstić information content (AvgIpc) is 3.19. The third kappa shape index (κ3) is 3.98. The van der Waals surface area contributed by atoms with Gasteiger partial charge in [0.25, 0.3) is 0 Å². The van der Waals surface area contributed by atoms with Crippen molar-refractivity contribution in [2.24, 2.45) is 0 Å². The molecule has 1 fully saturated rings. The highest BCUT2D eigenvalue weighted by Gasteiger charge is 2.29. The maximum Gasteiger partial charge on any atom is 0.317 e. The van der Waals surface area contributed by atoms with E-state index in [-0.39, 0.29) is 12.1 Å². The molecule has 5 nitrogen and oxygen atoms in total. The van der Waals surface area contributed by atoms with Crippen molar-refractivity contribution in [3.05, 3.63) is 53.0 Å². The first kappa shape index (κ1) is 17.4. The second-order valence-electron chi connectivity index (χ2n) is 6.60. The van der Waals surface area contributed by atoms with Crippen LogP contribution in [0.5, 0.6) is 5.75 Å². The second kappa shape index (κ2) is 7.64. The summed E-state index contributed by atoms with van der Waals surface area (Å²) in [4.78, 5) is 14.6. The maximum absolute atomic E-state index is 12.6. The van der Waals surface area contributed by atoms with Gasteiger partial charge in [0.1, 0.15) is 17.3 Å². The van der Waals surface area contributed by atoms with E-state index < -0.39 is 0 Å². The van der Waals surface area contributed by atoms with Crippen LogP contribution in [0.4, 0.5) is 4.79 Å². The van der Waals surface area contributed by atoms with Gasteiger partial charge in [-0.15, -0.1) is 0 Å². The van der Waals surface area contributed by atoms with Crippen molar-refractivity contribution in [3.8, 4) is 5.75 Å². The van der Waals surface area contributed by atoms with E-state index in [1.165, 1.54) is 0 Å². The molecule has 1 aliphatic heterocycles. The molecule has 1 aromatic heterocycles. The zero-order chi connectivity index (χ0) is 17.8. The molecule has 1 aromatic carbocycles. The van der Waals surface area contributed by atoms with Gasteiger partial charge in [0.2, 0.25) is 0 Å². The minimum atomic E-state index is -0.00403. The van der Waals surface area contributed by atoms with Crippen molar-refractivity contribution in [1.82, 2.24) is 10.2 Å². The number of benzene rings is 1. The predicted molar refractivity (Wildman–Crippen MR) is 96.8 cm³/mol. The van der Waals surface area contributed by atoms with Crippen molar-refractivity contribution in [1.29, 1.82) is 0 Å². The molecule has 1 saturated heterocycles. The largest absolute Gasteiger partial charge is 0.496 e. The molecule has 0 radical (unpaired) electrons. The second-order valence-corrected chi connectivity index (χ2v) is 6.60. The highest BCUT2D eigenvalue weighted by molar-refractivity contribution is 5.75. The number of amides is 2. The number of hydrogen-bond donors (Lipinski definition) is 1. The van der Waals surface area contributed by atoms with Crippen LogP contribution in [0.25, 0.3) is 0 Å². The Morgan fingerprint density at radius 1 is 1.32 bits per heavy atom. The van der Waals surface area contributed by atoms with Gasteiger partial charge in [-0.3, -0.25) is 0 Å². The Balaban J connectivity index is 1.62. The molecule has 0 aliphatic carbocycles. The Morgan fingerprint density at radius 3 is 2.84 bits per heavy atom. The molecular weight excluding hydrogens is 316 g/mol. The van der Waals surface area contributed by atoms with Crippen LogP contribution < -0.4 is 10.1 Å². The van der Waals surface area contributed by atoms with Crippen LogP contribution in [-0.4, -0.2) is 30.6 Å². The minimum Gasteiger partial charge on any atom is -0.496 e. The van der Waals surface area contributed by atoms with Crippen LogP contribution in [-0.2, 0) is 13.0 Å². The molecule has 1 atom stereocenters. The van der Waals surface area contributed by atoms with E-state index in [9.17, 15) is 4.79 Å². The summed E-state index contributed by atoms with van der Waals surface area (Å²) in [5.74, 6) is 2.63. The van der Waals surface area contributed by atoms with Crippen LogP contribution in [0.1, 0.15) is 35.5 Å². The number of aryl methyl sites for hydroxylation is 2. The van der Waals surface area contributed by atoms with Gasteiger partial charge < -0.3 is 19.4 Å². The van der Waals surface area contributed by atoms with Gasteiger partial charge in [0.15, 0.2) is 0 Å². The Morgan fingerprint density at radius 2 is 2.12 bits per heavy atom. The lowest BCUT2D eigenvalue weighted by Crippen LogP contribution is -2.43. The van der Waals surface area contributed by atoms with Crippen LogP contribution in [0.3, 0.4) is 0 Å². The van der Waals surface area contributed by atoms with E-state index in [1.54, 1.807) is 7.11 Å². The fraction of sp³-hybridized carbons (Fsp3) is 0.450. The molecule has 0 bridgehead atoms. The first-order valence-corrected chi connectivity index (χ1v) is 8.80. The summed E-state index contributed by atoms with van der Waals surface area (Å²) in [5.41, 5.74) is 2.18. The van der Waals surface area contributed by atoms with Gasteiger partial charge in [0, 0.05) is 24.7 Å². The summed E-state index contributed by atoms with van der Waals surface area (Å²) in [6, 6.07) is 10.2. The van der Waals surface area contributed by atoms with Gasteiger partial charge in [-0.05, 0) is 50.8 Å². The van der Waals surface area contributed by atoms with Gasteiger partial charge >= 0.3 is 6.03 Å². The SMILES string of the molecule is COc1ccccc1CC1CCCN1C(=O)NCc1cc(C)oc1C. The standard InChI is InChI=1S/C20H26N2O3/c1-14-11-17(15(2)25-14)13-21-20(23)22-10-6-8-18(22)12-16-7-4-5-9-19(16)24-3/h4-5,7,9,11,18H,6,8,10,12-13H2,1-3H3,(H,21,23). The third-order valence-corrected chi connectivity index (χ3v) is 4.86. The molecule has 5 heteroatoms. The smallest absolute Gasteiger partial charge is 0.317 e. The zero-order valence-electron chi connectivity index (χ0n) is 15.2. The van der Waals surface area contributed by atoms with Crippen molar-refractivity contribution >= 4 is 6.03 Å². The van der Waals surface area contributed by atoms with Crippen molar-refractivity contribution < 1.29 is 13.9 Å². The van der Waals surface area contributed by atoms with E-state index >= 15 is 0 Å². The topological polar surface area (TPSA) is 54.7 Å². The van der Waals surface area contributed by atoms with Crippen LogP contribution in [0.2, 0.25) is 0 Å². The number of furan rings is 1. The first-order chi connectivity index (χ1) is 12.1. The van der Waals surface area contributed by atoms with E-state index in [4.69, 9.17) is 9.15 Å². The highest BCUT2D eigenvalue weighted by Crippen LogP contribution is 2.26. The molecule has 2 aromatic rings. The summed E-state index contributed by atoms with van der Waals surface area (Å²) >= 11 is 0. The third-order valence-electron chi connectivity index (χ3n) is 4.86. The fourth-order valence-electron chi connectivity index (χ4n) is 3.57. The van der Waals surface area contributed by atoms with Crippen molar-refractivity contribution in [2.45, 2.75) is 45.7 Å². The molecular formula is C20H26N2O3. The minimum absolute atomic E-state index is 0.00403. The fourth-order valence-corrected chi connectivity index (χ4v) is 3.57. The monoisotopic (exact) mass is 342 g/mol. The summed E-state index contributed by atoms with van der Waals surface area (Å²) in [7, 11) is 1.69. The number of hydrogen-bond acceptors (Lipinski definition) is 3. The Labute approximate surface area is 149 Å². The van der Waals surface area contributed by atoms with Crippen LogP contribution in [0.15, 0.2) is 34.7 Å². The molecule has 2 heterocycles. The maximum atomic E-state index is 12.6. The van der Waals surface area contributed by atoms with E-state index in [1.807, 2.05) is 43.0 Å². The number of rotatable bonds is 5. The molecule has 3 rings (SSSR count). The molecule has 134 valence electrons. The lowest BCUT2D eigenvalue weighted by molar-refractivity contribution is 0.191. The summed E-state index contributed by atoms with van der Waals surface area (Å²) in [5, 5.41) is 3.04. The number of likely N-dealkylation sites (tertiary alicyclic amines) is 1. The molecule has 1 N–H and O–H groups in total. The number of carbonyl (C=O) groups excluding carboxylic acids is 1. The molecule has 1 unspecified atom stereocenters. The summed E-state index contributed by atoms with van der Waals surface area (Å²) < 4.78 is 11.0. The lowest BCUT2D eigenvalue weighted by Gasteiger charge is -2.25. The van der Waals surface area contributed by atoms with Gasteiger partial charge in [-0.2, -0.15) is 0 Å².